The molecular formula is C12H14O3S. The van der Waals surface area contributed by atoms with Gasteiger partial charge in [0, 0.05) is 5.92 Å². The fraction of sp³-hybridized carbons (Fsp3) is 0.500. The van der Waals surface area contributed by atoms with Gasteiger partial charge in [0.05, 0.1) is 11.5 Å². The van der Waals surface area contributed by atoms with Gasteiger partial charge in [0.1, 0.15) is 4.88 Å². The van der Waals surface area contributed by atoms with Gasteiger partial charge in [0.2, 0.25) is 0 Å². The fourth-order valence-corrected chi connectivity index (χ4v) is 2.57. The Morgan fingerprint density at radius 1 is 1.38 bits per heavy atom. The minimum atomic E-state index is -0.333. The SMILES string of the molecule is CCOC(=O)c1ccc(C(=O)C2CCC2)s1. The summed E-state index contributed by atoms with van der Waals surface area (Å²) in [5, 5.41) is 0. The van der Waals surface area contributed by atoms with Gasteiger partial charge in [-0.15, -0.1) is 11.3 Å². The lowest BCUT2D eigenvalue weighted by Crippen LogP contribution is -2.20. The summed E-state index contributed by atoms with van der Waals surface area (Å²) in [7, 11) is 0. The van der Waals surface area contributed by atoms with Gasteiger partial charge in [-0.05, 0) is 31.9 Å². The third-order valence-electron chi connectivity index (χ3n) is 2.80. The lowest BCUT2D eigenvalue weighted by atomic mass is 9.82. The Balaban J connectivity index is 2.06. The van der Waals surface area contributed by atoms with E-state index in [-0.39, 0.29) is 17.7 Å². The van der Waals surface area contributed by atoms with E-state index in [9.17, 15) is 9.59 Å². The number of carbonyl (C=O) groups excluding carboxylic acids is 2. The molecule has 16 heavy (non-hydrogen) atoms. The topological polar surface area (TPSA) is 43.4 Å². The zero-order chi connectivity index (χ0) is 11.5. The summed E-state index contributed by atoms with van der Waals surface area (Å²) in [6.45, 7) is 2.13. The zero-order valence-corrected chi connectivity index (χ0v) is 10.0. The van der Waals surface area contributed by atoms with E-state index in [1.807, 2.05) is 0 Å². The molecule has 1 heterocycles. The molecule has 4 heteroatoms. The Hall–Kier alpha value is -1.16. The second kappa shape index (κ2) is 4.78. The van der Waals surface area contributed by atoms with E-state index in [0.29, 0.717) is 16.4 Å². The highest BCUT2D eigenvalue weighted by molar-refractivity contribution is 7.15. The summed E-state index contributed by atoms with van der Waals surface area (Å²) in [6.07, 6.45) is 3.13. The summed E-state index contributed by atoms with van der Waals surface area (Å²) >= 11 is 1.24. The Labute approximate surface area is 98.4 Å². The number of ether oxygens (including phenoxy) is 1. The van der Waals surface area contributed by atoms with Crippen molar-refractivity contribution in [2.24, 2.45) is 5.92 Å². The average molecular weight is 238 g/mol. The lowest BCUT2D eigenvalue weighted by molar-refractivity contribution is 0.0532. The van der Waals surface area contributed by atoms with E-state index in [0.717, 1.165) is 19.3 Å². The monoisotopic (exact) mass is 238 g/mol. The minimum absolute atomic E-state index is 0.187. The van der Waals surface area contributed by atoms with Gasteiger partial charge < -0.3 is 4.74 Å². The first-order valence-electron chi connectivity index (χ1n) is 5.53. The molecule has 0 unspecified atom stereocenters. The summed E-state index contributed by atoms with van der Waals surface area (Å²) in [6, 6.07) is 3.41. The highest BCUT2D eigenvalue weighted by Crippen LogP contribution is 2.32. The molecule has 2 rings (SSSR count). The van der Waals surface area contributed by atoms with Gasteiger partial charge in [0.25, 0.3) is 0 Å². The molecule has 1 aliphatic carbocycles. The molecule has 1 aliphatic rings. The van der Waals surface area contributed by atoms with E-state index >= 15 is 0 Å². The quantitative estimate of drug-likeness (QED) is 0.598. The maximum atomic E-state index is 11.9. The molecule has 0 radical (unpaired) electrons. The Kier molecular flexibility index (Phi) is 3.39. The smallest absolute Gasteiger partial charge is 0.348 e. The van der Waals surface area contributed by atoms with E-state index in [1.54, 1.807) is 19.1 Å². The molecule has 86 valence electrons. The average Bonchev–Trinajstić information content (AvgIpc) is 2.63. The number of thiophene rings is 1. The number of Topliss-reactive ketones (excluding diaryl/α,β-unsaturated/α-hetero) is 1. The van der Waals surface area contributed by atoms with Crippen molar-refractivity contribution in [3.05, 3.63) is 21.9 Å². The summed E-state index contributed by atoms with van der Waals surface area (Å²) in [4.78, 5) is 24.5. The molecule has 1 fully saturated rings. The van der Waals surface area contributed by atoms with E-state index < -0.39 is 0 Å². The zero-order valence-electron chi connectivity index (χ0n) is 9.19. The van der Waals surface area contributed by atoms with Crippen LogP contribution in [0.3, 0.4) is 0 Å². The first-order chi connectivity index (χ1) is 7.72. The normalized spacial score (nSPS) is 15.6. The van der Waals surface area contributed by atoms with Crippen molar-refractivity contribution >= 4 is 23.1 Å². The van der Waals surface area contributed by atoms with Crippen LogP contribution >= 0.6 is 11.3 Å². The minimum Gasteiger partial charge on any atom is -0.462 e. The van der Waals surface area contributed by atoms with Crippen molar-refractivity contribution < 1.29 is 14.3 Å². The second-order valence-corrected chi connectivity index (χ2v) is 4.96. The summed E-state index contributed by atoms with van der Waals surface area (Å²) in [5.41, 5.74) is 0. The first kappa shape index (κ1) is 11.3. The molecule has 0 aliphatic heterocycles. The van der Waals surface area contributed by atoms with Gasteiger partial charge in [-0.25, -0.2) is 4.79 Å². The van der Waals surface area contributed by atoms with Crippen LogP contribution in [-0.4, -0.2) is 18.4 Å². The molecule has 0 saturated heterocycles. The van der Waals surface area contributed by atoms with Gasteiger partial charge in [-0.2, -0.15) is 0 Å². The molecule has 0 bridgehead atoms. The van der Waals surface area contributed by atoms with E-state index in [4.69, 9.17) is 4.74 Å². The van der Waals surface area contributed by atoms with Crippen LogP contribution in [-0.2, 0) is 4.74 Å². The van der Waals surface area contributed by atoms with Gasteiger partial charge >= 0.3 is 5.97 Å². The van der Waals surface area contributed by atoms with Crippen molar-refractivity contribution in [2.75, 3.05) is 6.61 Å². The molecule has 1 aromatic heterocycles. The van der Waals surface area contributed by atoms with Crippen molar-refractivity contribution in [1.82, 2.24) is 0 Å². The second-order valence-electron chi connectivity index (χ2n) is 3.88. The number of hydrogen-bond donors (Lipinski definition) is 0. The van der Waals surface area contributed by atoms with Crippen LogP contribution in [0.25, 0.3) is 0 Å². The van der Waals surface area contributed by atoms with Crippen molar-refractivity contribution in [2.45, 2.75) is 26.2 Å². The fourth-order valence-electron chi connectivity index (χ4n) is 1.65. The predicted molar refractivity (Wildman–Crippen MR) is 61.9 cm³/mol. The maximum Gasteiger partial charge on any atom is 0.348 e. The van der Waals surface area contributed by atoms with Gasteiger partial charge in [-0.3, -0.25) is 4.79 Å². The molecular weight excluding hydrogens is 224 g/mol. The molecule has 1 aromatic rings. The van der Waals surface area contributed by atoms with Crippen LogP contribution in [0.15, 0.2) is 12.1 Å². The Bertz CT molecular complexity index is 404. The maximum absolute atomic E-state index is 11.9. The highest BCUT2D eigenvalue weighted by Gasteiger charge is 2.27. The summed E-state index contributed by atoms with van der Waals surface area (Å²) in [5.74, 6) is 0.0423. The van der Waals surface area contributed by atoms with Crippen molar-refractivity contribution in [3.63, 3.8) is 0 Å². The highest BCUT2D eigenvalue weighted by atomic mass is 32.1. The first-order valence-corrected chi connectivity index (χ1v) is 6.35. The molecule has 0 amide bonds. The van der Waals surface area contributed by atoms with Crippen LogP contribution in [0.2, 0.25) is 0 Å². The van der Waals surface area contributed by atoms with Crippen LogP contribution in [0.4, 0.5) is 0 Å². The number of ketones is 1. The number of esters is 1. The Morgan fingerprint density at radius 3 is 2.62 bits per heavy atom. The van der Waals surface area contributed by atoms with Crippen LogP contribution in [0.1, 0.15) is 45.5 Å². The number of rotatable bonds is 4. The molecule has 0 spiro atoms. The van der Waals surface area contributed by atoms with Gasteiger partial charge in [0.15, 0.2) is 5.78 Å². The molecule has 0 atom stereocenters. The molecule has 1 saturated carbocycles. The van der Waals surface area contributed by atoms with Gasteiger partial charge in [-0.1, -0.05) is 6.42 Å². The van der Waals surface area contributed by atoms with Crippen LogP contribution < -0.4 is 0 Å². The van der Waals surface area contributed by atoms with E-state index in [1.165, 1.54) is 11.3 Å². The lowest BCUT2D eigenvalue weighted by Gasteiger charge is -2.22. The van der Waals surface area contributed by atoms with Crippen LogP contribution in [0, 0.1) is 5.92 Å². The summed E-state index contributed by atoms with van der Waals surface area (Å²) < 4.78 is 4.88. The van der Waals surface area contributed by atoms with Crippen molar-refractivity contribution in [1.29, 1.82) is 0 Å². The third kappa shape index (κ3) is 2.16. The van der Waals surface area contributed by atoms with Crippen molar-refractivity contribution in [3.8, 4) is 0 Å². The predicted octanol–water partition coefficient (Wildman–Crippen LogP) is 2.91. The largest absolute Gasteiger partial charge is 0.462 e. The standard InChI is InChI=1S/C12H14O3S/c1-2-15-12(14)10-7-6-9(16-10)11(13)8-4-3-5-8/h6-8H,2-5H2,1H3. The number of carbonyl (C=O) groups is 2. The number of hydrogen-bond acceptors (Lipinski definition) is 4. The molecule has 0 N–H and O–H groups in total. The molecule has 0 aromatic carbocycles. The Morgan fingerprint density at radius 2 is 2.06 bits per heavy atom. The molecule has 3 nitrogen and oxygen atoms in total. The van der Waals surface area contributed by atoms with E-state index in [2.05, 4.69) is 0 Å². The third-order valence-corrected chi connectivity index (χ3v) is 3.88. The van der Waals surface area contributed by atoms with Crippen LogP contribution in [0.5, 0.6) is 0 Å².